The first kappa shape index (κ1) is 21.6. The number of rotatable bonds is 5. The molecule has 0 saturated heterocycles. The van der Waals surface area contributed by atoms with Crippen LogP contribution in [0.25, 0.3) is 0 Å². The van der Waals surface area contributed by atoms with Crippen molar-refractivity contribution in [3.8, 4) is 5.75 Å². The molecule has 1 saturated carbocycles. The van der Waals surface area contributed by atoms with Crippen molar-refractivity contribution in [2.45, 2.75) is 64.3 Å². The number of hydrogen-bond donors (Lipinski definition) is 0. The molecule has 0 N–H and O–H groups in total. The molecule has 2 aromatic rings. The van der Waals surface area contributed by atoms with Crippen LogP contribution in [0.3, 0.4) is 0 Å². The second kappa shape index (κ2) is 8.83. The number of Topliss-reactive ketones (excluding diaryl/α,β-unsaturated/α-hetero) is 1. The van der Waals surface area contributed by atoms with Gasteiger partial charge in [0.2, 0.25) is 11.5 Å². The van der Waals surface area contributed by atoms with E-state index in [2.05, 4.69) is 20.8 Å². The number of benzene rings is 2. The predicted molar refractivity (Wildman–Crippen MR) is 116 cm³/mol. The van der Waals surface area contributed by atoms with Crippen LogP contribution in [0.1, 0.15) is 51.2 Å². The number of allylic oxidation sites excluding steroid dienone is 1. The van der Waals surface area contributed by atoms with Gasteiger partial charge in [0.15, 0.2) is 0 Å². The minimum Gasteiger partial charge on any atom is -0.493 e. The van der Waals surface area contributed by atoms with E-state index < -0.39 is 0 Å². The second-order valence-electron chi connectivity index (χ2n) is 9.34. The van der Waals surface area contributed by atoms with Gasteiger partial charge in [0, 0.05) is 12.0 Å². The Labute approximate surface area is 183 Å². The molecule has 2 aliphatic rings. The lowest BCUT2D eigenvalue weighted by Crippen LogP contribution is -2.42. The molecule has 4 rings (SSSR count). The molecule has 31 heavy (non-hydrogen) atoms. The molecule has 2 aromatic carbocycles. The van der Waals surface area contributed by atoms with Gasteiger partial charge >= 0.3 is 0 Å². The van der Waals surface area contributed by atoms with E-state index in [0.29, 0.717) is 24.2 Å². The molecule has 0 spiro atoms. The molecule has 1 fully saturated rings. The summed E-state index contributed by atoms with van der Waals surface area (Å²) in [4.78, 5) is 13.0. The van der Waals surface area contributed by atoms with Crippen molar-refractivity contribution in [2.75, 3.05) is 0 Å². The molecule has 4 nitrogen and oxygen atoms in total. The van der Waals surface area contributed by atoms with Gasteiger partial charge in [0.05, 0.1) is 18.6 Å². The quantitative estimate of drug-likeness (QED) is 0.618. The van der Waals surface area contributed by atoms with Gasteiger partial charge in [-0.1, -0.05) is 51.1 Å². The molecule has 0 amide bonds. The average molecular weight is 425 g/mol. The maximum absolute atomic E-state index is 13.8. The summed E-state index contributed by atoms with van der Waals surface area (Å²) in [7, 11) is 0. The number of fused-ring (bicyclic) bond motifs is 1. The Morgan fingerprint density at radius 2 is 1.81 bits per heavy atom. The van der Waals surface area contributed by atoms with Gasteiger partial charge in [0.25, 0.3) is 0 Å². The average Bonchev–Trinajstić information content (AvgIpc) is 2.75. The molecular formula is C26H29FO4. The number of ether oxygens (including phenoxy) is 3. The van der Waals surface area contributed by atoms with Crippen LogP contribution in [0.4, 0.5) is 4.39 Å². The summed E-state index contributed by atoms with van der Waals surface area (Å²) >= 11 is 0. The summed E-state index contributed by atoms with van der Waals surface area (Å²) in [5.41, 5.74) is 1.80. The van der Waals surface area contributed by atoms with Crippen molar-refractivity contribution in [2.24, 2.45) is 5.92 Å². The fourth-order valence-corrected chi connectivity index (χ4v) is 4.13. The van der Waals surface area contributed by atoms with Crippen LogP contribution in [0.5, 0.6) is 5.75 Å². The van der Waals surface area contributed by atoms with Crippen molar-refractivity contribution in [1.29, 1.82) is 0 Å². The van der Waals surface area contributed by atoms with Crippen molar-refractivity contribution in [3.05, 3.63) is 77.5 Å². The number of carbonyl (C=O) groups is 1. The number of ketones is 1. The van der Waals surface area contributed by atoms with Crippen LogP contribution in [-0.4, -0.2) is 18.0 Å². The highest BCUT2D eigenvalue weighted by atomic mass is 19.1. The number of hydrogen-bond acceptors (Lipinski definition) is 4. The van der Waals surface area contributed by atoms with Gasteiger partial charge < -0.3 is 14.2 Å². The Morgan fingerprint density at radius 3 is 2.52 bits per heavy atom. The van der Waals surface area contributed by atoms with Crippen LogP contribution in [0, 0.1) is 11.7 Å². The van der Waals surface area contributed by atoms with E-state index in [1.165, 1.54) is 17.9 Å². The zero-order valence-electron chi connectivity index (χ0n) is 18.3. The largest absolute Gasteiger partial charge is 0.493 e. The predicted octanol–water partition coefficient (Wildman–Crippen LogP) is 5.70. The zero-order valence-corrected chi connectivity index (χ0v) is 18.3. The molecule has 3 unspecified atom stereocenters. The molecule has 0 bridgehead atoms. The third-order valence-corrected chi connectivity index (χ3v) is 6.05. The summed E-state index contributed by atoms with van der Waals surface area (Å²) in [6, 6.07) is 14.4. The molecule has 1 aliphatic carbocycles. The Hall–Kier alpha value is -2.66. The maximum Gasteiger partial charge on any atom is 0.207 e. The molecule has 0 radical (unpaired) electrons. The van der Waals surface area contributed by atoms with E-state index in [1.54, 1.807) is 18.2 Å². The highest BCUT2D eigenvalue weighted by molar-refractivity contribution is 5.96. The van der Waals surface area contributed by atoms with Gasteiger partial charge in [-0.05, 0) is 42.0 Å². The van der Waals surface area contributed by atoms with Gasteiger partial charge in [-0.15, -0.1) is 0 Å². The summed E-state index contributed by atoms with van der Waals surface area (Å²) in [6.07, 6.45) is 3.14. The molecule has 0 aromatic heterocycles. The van der Waals surface area contributed by atoms with Crippen LogP contribution in [0.2, 0.25) is 0 Å². The molecule has 1 heterocycles. The highest BCUT2D eigenvalue weighted by Crippen LogP contribution is 2.35. The van der Waals surface area contributed by atoms with E-state index in [1.807, 2.05) is 24.3 Å². The lowest BCUT2D eigenvalue weighted by molar-refractivity contribution is -0.134. The summed E-state index contributed by atoms with van der Waals surface area (Å²) in [6.45, 7) is 6.68. The Kier molecular flexibility index (Phi) is 6.15. The third-order valence-electron chi connectivity index (χ3n) is 6.05. The molecule has 164 valence electrons. The first-order valence-corrected chi connectivity index (χ1v) is 10.8. The molecular weight excluding hydrogens is 395 g/mol. The summed E-state index contributed by atoms with van der Waals surface area (Å²) < 4.78 is 31.4. The summed E-state index contributed by atoms with van der Waals surface area (Å²) in [5.74, 6) is 0.346. The van der Waals surface area contributed by atoms with E-state index in [4.69, 9.17) is 14.2 Å². The minimum absolute atomic E-state index is 0.0244. The second-order valence-corrected chi connectivity index (χ2v) is 9.34. The fraction of sp³-hybridized carbons (Fsp3) is 0.423. The normalized spacial score (nSPS) is 23.5. The van der Waals surface area contributed by atoms with Crippen molar-refractivity contribution >= 4 is 5.78 Å². The highest BCUT2D eigenvalue weighted by Gasteiger charge is 2.41. The van der Waals surface area contributed by atoms with E-state index >= 15 is 0 Å². The first-order valence-electron chi connectivity index (χ1n) is 10.8. The number of carbonyl (C=O) groups excluding carboxylic acids is 1. The van der Waals surface area contributed by atoms with Crippen LogP contribution < -0.4 is 4.74 Å². The Bertz CT molecular complexity index is 958. The van der Waals surface area contributed by atoms with Gasteiger partial charge in [-0.2, -0.15) is 0 Å². The van der Waals surface area contributed by atoms with Gasteiger partial charge in [-0.3, -0.25) is 4.79 Å². The topological polar surface area (TPSA) is 44.8 Å². The lowest BCUT2D eigenvalue weighted by Gasteiger charge is -2.37. The number of halogens is 1. The van der Waals surface area contributed by atoms with Crippen LogP contribution in [0.15, 0.2) is 60.6 Å². The fourth-order valence-electron chi connectivity index (χ4n) is 4.13. The first-order chi connectivity index (χ1) is 14.8. The maximum atomic E-state index is 13.8. The van der Waals surface area contributed by atoms with Crippen LogP contribution in [-0.2, 0) is 26.3 Å². The zero-order chi connectivity index (χ0) is 22.0. The van der Waals surface area contributed by atoms with E-state index in [0.717, 1.165) is 6.42 Å². The molecule has 1 aliphatic heterocycles. The van der Waals surface area contributed by atoms with Crippen LogP contribution >= 0.6 is 0 Å². The SMILES string of the molecule is CC(C)(C)c1ccc(OC2=COC3CC(OCc4ccccc4F)CCC3C2=O)cc1. The van der Waals surface area contributed by atoms with E-state index in [9.17, 15) is 9.18 Å². The minimum atomic E-state index is -0.263. The van der Waals surface area contributed by atoms with Crippen molar-refractivity contribution < 1.29 is 23.4 Å². The Balaban J connectivity index is 1.35. The van der Waals surface area contributed by atoms with Crippen molar-refractivity contribution in [1.82, 2.24) is 0 Å². The Morgan fingerprint density at radius 1 is 1.06 bits per heavy atom. The smallest absolute Gasteiger partial charge is 0.207 e. The van der Waals surface area contributed by atoms with E-state index in [-0.39, 0.29) is 47.5 Å². The van der Waals surface area contributed by atoms with Crippen molar-refractivity contribution in [3.63, 3.8) is 0 Å². The standard InChI is InChI=1S/C26H29FO4/c1-26(2,3)18-8-10-19(11-9-18)31-24-16-30-23-14-20(12-13-21(23)25(24)28)29-15-17-6-4-5-7-22(17)27/h4-11,16,20-21,23H,12-15H2,1-3H3. The monoisotopic (exact) mass is 424 g/mol. The molecule has 3 atom stereocenters. The van der Waals surface area contributed by atoms with Gasteiger partial charge in [0.1, 0.15) is 23.9 Å². The summed E-state index contributed by atoms with van der Waals surface area (Å²) in [5, 5.41) is 0. The lowest BCUT2D eigenvalue weighted by atomic mass is 9.80. The molecule has 5 heteroatoms. The van der Waals surface area contributed by atoms with Gasteiger partial charge in [-0.25, -0.2) is 4.39 Å². The third kappa shape index (κ3) is 4.99.